The molecule has 0 fully saturated rings. The van der Waals surface area contributed by atoms with Crippen LogP contribution in [0.2, 0.25) is 5.02 Å². The molecular formula is C23H22ClN4+. The van der Waals surface area contributed by atoms with Crippen molar-refractivity contribution in [2.75, 3.05) is 11.6 Å². The summed E-state index contributed by atoms with van der Waals surface area (Å²) >= 11 is 6.21. The van der Waals surface area contributed by atoms with Crippen molar-refractivity contribution in [3.8, 4) is 0 Å². The van der Waals surface area contributed by atoms with Gasteiger partial charge in [-0.15, -0.1) is 0 Å². The summed E-state index contributed by atoms with van der Waals surface area (Å²) < 4.78 is 2.35. The molecule has 1 aliphatic rings. The van der Waals surface area contributed by atoms with Crippen molar-refractivity contribution >= 4 is 28.6 Å². The first-order valence-corrected chi connectivity index (χ1v) is 9.96. The molecule has 1 atom stereocenters. The Labute approximate surface area is 169 Å². The quantitative estimate of drug-likeness (QED) is 0.575. The van der Waals surface area contributed by atoms with Gasteiger partial charge in [-0.3, -0.25) is 14.4 Å². The van der Waals surface area contributed by atoms with Crippen molar-refractivity contribution in [1.29, 1.82) is 0 Å². The highest BCUT2D eigenvalue weighted by molar-refractivity contribution is 6.30. The van der Waals surface area contributed by atoms with E-state index in [9.17, 15) is 0 Å². The number of fused-ring (bicyclic) bond motifs is 3. The monoisotopic (exact) mass is 389 g/mol. The van der Waals surface area contributed by atoms with Crippen molar-refractivity contribution in [3.05, 3.63) is 95.0 Å². The van der Waals surface area contributed by atoms with E-state index in [1.54, 1.807) is 0 Å². The Bertz CT molecular complexity index is 1110. The fourth-order valence-corrected chi connectivity index (χ4v) is 4.27. The van der Waals surface area contributed by atoms with E-state index >= 15 is 0 Å². The molecule has 1 unspecified atom stereocenters. The lowest BCUT2D eigenvalue weighted by Crippen LogP contribution is -3.12. The summed E-state index contributed by atoms with van der Waals surface area (Å²) in [5.74, 6) is 1.06. The molecule has 28 heavy (non-hydrogen) atoms. The molecule has 5 rings (SSSR count). The molecule has 4 aromatic rings. The lowest BCUT2D eigenvalue weighted by molar-refractivity contribution is -0.938. The third-order valence-electron chi connectivity index (χ3n) is 5.27. The number of benzene rings is 3. The minimum Gasteiger partial charge on any atom is -0.297 e. The van der Waals surface area contributed by atoms with E-state index in [1.807, 2.05) is 12.1 Å². The molecule has 5 heteroatoms. The first-order chi connectivity index (χ1) is 13.8. The van der Waals surface area contributed by atoms with Crippen LogP contribution in [0.4, 0.5) is 5.95 Å². The summed E-state index contributed by atoms with van der Waals surface area (Å²) in [6, 6.07) is 27.2. The van der Waals surface area contributed by atoms with Crippen LogP contribution in [0.1, 0.15) is 11.1 Å². The lowest BCUT2D eigenvalue weighted by atomic mass is 10.2. The van der Waals surface area contributed by atoms with Gasteiger partial charge in [-0.2, -0.15) is 0 Å². The van der Waals surface area contributed by atoms with Crippen LogP contribution in [0.15, 0.2) is 78.9 Å². The molecular weight excluding hydrogens is 368 g/mol. The lowest BCUT2D eigenvalue weighted by Gasteiger charge is -2.34. The van der Waals surface area contributed by atoms with E-state index in [2.05, 4.69) is 76.2 Å². The zero-order valence-electron chi connectivity index (χ0n) is 15.6. The normalized spacial score (nSPS) is 16.3. The number of aromatic nitrogens is 2. The standard InChI is InChI=1S/C23H21ClN4/c24-20-10-6-9-19(13-20)14-26-16-27(15-18-7-2-1-3-8-18)23-25-21-11-4-5-12-22(21)28(23)17-26/h1-13H,14-17H2/p+1. The van der Waals surface area contributed by atoms with Gasteiger partial charge in [0, 0.05) is 10.6 Å². The molecule has 1 aliphatic heterocycles. The molecule has 1 N–H and O–H groups in total. The van der Waals surface area contributed by atoms with Gasteiger partial charge in [-0.25, -0.2) is 4.98 Å². The van der Waals surface area contributed by atoms with Crippen LogP contribution in [0.3, 0.4) is 0 Å². The van der Waals surface area contributed by atoms with Crippen molar-refractivity contribution < 1.29 is 4.90 Å². The fraction of sp³-hybridized carbons (Fsp3) is 0.174. The summed E-state index contributed by atoms with van der Waals surface area (Å²) in [6.07, 6.45) is 0. The zero-order valence-corrected chi connectivity index (χ0v) is 16.3. The van der Waals surface area contributed by atoms with Gasteiger partial charge in [-0.05, 0) is 29.8 Å². The van der Waals surface area contributed by atoms with Gasteiger partial charge in [0.2, 0.25) is 5.95 Å². The van der Waals surface area contributed by atoms with Crippen LogP contribution >= 0.6 is 11.6 Å². The smallest absolute Gasteiger partial charge is 0.215 e. The van der Waals surface area contributed by atoms with Gasteiger partial charge >= 0.3 is 0 Å². The maximum atomic E-state index is 6.21. The van der Waals surface area contributed by atoms with E-state index in [-0.39, 0.29) is 0 Å². The van der Waals surface area contributed by atoms with Crippen molar-refractivity contribution in [2.24, 2.45) is 0 Å². The summed E-state index contributed by atoms with van der Waals surface area (Å²) in [4.78, 5) is 8.80. The van der Waals surface area contributed by atoms with Crippen molar-refractivity contribution in [1.82, 2.24) is 9.55 Å². The van der Waals surface area contributed by atoms with Crippen molar-refractivity contribution in [2.45, 2.75) is 19.8 Å². The topological polar surface area (TPSA) is 25.5 Å². The number of hydrogen-bond acceptors (Lipinski definition) is 2. The number of para-hydroxylation sites is 2. The van der Waals surface area contributed by atoms with Gasteiger partial charge in [-0.1, -0.05) is 66.2 Å². The predicted octanol–water partition coefficient (Wildman–Crippen LogP) is 3.71. The summed E-state index contributed by atoms with van der Waals surface area (Å²) in [7, 11) is 0. The maximum Gasteiger partial charge on any atom is 0.215 e. The molecule has 0 amide bonds. The minimum atomic E-state index is 0.795. The summed E-state index contributed by atoms with van der Waals surface area (Å²) in [5.41, 5.74) is 4.80. The SMILES string of the molecule is Clc1cccc(C[NH+]2CN(Cc3ccccc3)c3nc4ccccc4n3C2)c1. The Balaban J connectivity index is 1.50. The molecule has 0 saturated heterocycles. The minimum absolute atomic E-state index is 0.795. The first-order valence-electron chi connectivity index (χ1n) is 9.58. The molecule has 1 aromatic heterocycles. The molecule has 4 nitrogen and oxygen atoms in total. The van der Waals surface area contributed by atoms with Crippen LogP contribution in [0, 0.1) is 0 Å². The molecule has 0 spiro atoms. The van der Waals surface area contributed by atoms with Crippen LogP contribution < -0.4 is 9.80 Å². The van der Waals surface area contributed by atoms with Gasteiger partial charge in [0.05, 0.1) is 17.6 Å². The Morgan fingerprint density at radius 1 is 0.857 bits per heavy atom. The van der Waals surface area contributed by atoms with E-state index in [0.717, 1.165) is 42.9 Å². The number of quaternary nitrogens is 1. The highest BCUT2D eigenvalue weighted by Gasteiger charge is 2.28. The van der Waals surface area contributed by atoms with E-state index in [1.165, 1.54) is 21.5 Å². The second-order valence-electron chi connectivity index (χ2n) is 7.39. The van der Waals surface area contributed by atoms with E-state index in [0.29, 0.717) is 0 Å². The molecule has 0 radical (unpaired) electrons. The second kappa shape index (κ2) is 7.30. The number of imidazole rings is 1. The van der Waals surface area contributed by atoms with Crippen molar-refractivity contribution in [3.63, 3.8) is 0 Å². The molecule has 0 aliphatic carbocycles. The number of anilines is 1. The molecule has 0 saturated carbocycles. The van der Waals surface area contributed by atoms with Crippen LogP contribution in [-0.4, -0.2) is 16.2 Å². The number of nitrogens with zero attached hydrogens (tertiary/aromatic N) is 3. The largest absolute Gasteiger partial charge is 0.297 e. The molecule has 0 bridgehead atoms. The molecule has 2 heterocycles. The van der Waals surface area contributed by atoms with Crippen LogP contribution in [0.5, 0.6) is 0 Å². The highest BCUT2D eigenvalue weighted by Crippen LogP contribution is 2.24. The van der Waals surface area contributed by atoms with Crippen LogP contribution in [0.25, 0.3) is 11.0 Å². The van der Waals surface area contributed by atoms with E-state index < -0.39 is 0 Å². The maximum absolute atomic E-state index is 6.21. The van der Waals surface area contributed by atoms with Gasteiger partial charge in [0.1, 0.15) is 6.54 Å². The number of rotatable bonds is 4. The molecule has 3 aromatic carbocycles. The van der Waals surface area contributed by atoms with Crippen LogP contribution in [-0.2, 0) is 19.8 Å². The zero-order chi connectivity index (χ0) is 18.9. The van der Waals surface area contributed by atoms with E-state index in [4.69, 9.17) is 16.6 Å². The summed E-state index contributed by atoms with van der Waals surface area (Å²) in [6.45, 7) is 3.58. The number of halogens is 1. The second-order valence-corrected chi connectivity index (χ2v) is 7.82. The Morgan fingerprint density at radius 2 is 1.64 bits per heavy atom. The highest BCUT2D eigenvalue weighted by atomic mass is 35.5. The first kappa shape index (κ1) is 17.3. The average molecular weight is 390 g/mol. The number of nitrogens with one attached hydrogen (secondary N) is 1. The molecule has 140 valence electrons. The van der Waals surface area contributed by atoms with Gasteiger partial charge in [0.25, 0.3) is 0 Å². The Morgan fingerprint density at radius 3 is 2.50 bits per heavy atom. The fourth-order valence-electron chi connectivity index (χ4n) is 4.05. The summed E-state index contributed by atoms with van der Waals surface area (Å²) in [5, 5.41) is 0.795. The Kier molecular flexibility index (Phi) is 4.51. The Hall–Kier alpha value is -2.82. The average Bonchev–Trinajstić information content (AvgIpc) is 3.08. The third kappa shape index (κ3) is 3.37. The third-order valence-corrected chi connectivity index (χ3v) is 5.51. The number of hydrogen-bond donors (Lipinski definition) is 1. The van der Waals surface area contributed by atoms with Gasteiger partial charge in [0.15, 0.2) is 13.3 Å². The van der Waals surface area contributed by atoms with Gasteiger partial charge < -0.3 is 0 Å². The predicted molar refractivity (Wildman–Crippen MR) is 113 cm³/mol.